The molecule has 1 saturated carbocycles. The number of rotatable bonds is 8. The normalized spacial score (nSPS) is 21.1. The van der Waals surface area contributed by atoms with Crippen molar-refractivity contribution >= 4 is 5.97 Å². The quantitative estimate of drug-likeness (QED) is 0.496. The van der Waals surface area contributed by atoms with Crippen molar-refractivity contribution in [1.82, 2.24) is 4.90 Å². The first-order chi connectivity index (χ1) is 16.0. The van der Waals surface area contributed by atoms with Crippen molar-refractivity contribution in [2.75, 3.05) is 19.6 Å². The van der Waals surface area contributed by atoms with Crippen LogP contribution in [0.15, 0.2) is 42.5 Å². The molecule has 0 aromatic heterocycles. The van der Waals surface area contributed by atoms with Gasteiger partial charge in [-0.15, -0.1) is 0 Å². The molecule has 2 unspecified atom stereocenters. The van der Waals surface area contributed by atoms with E-state index in [1.165, 1.54) is 58.0 Å². The molecule has 33 heavy (non-hydrogen) atoms. The third-order valence-electron chi connectivity index (χ3n) is 7.66. The van der Waals surface area contributed by atoms with Crippen molar-refractivity contribution in [2.24, 2.45) is 11.8 Å². The van der Waals surface area contributed by atoms with Crippen molar-refractivity contribution in [3.8, 4) is 11.1 Å². The molecule has 4 nitrogen and oxygen atoms in total. The van der Waals surface area contributed by atoms with E-state index in [1.54, 1.807) is 6.07 Å². The van der Waals surface area contributed by atoms with Gasteiger partial charge in [0.05, 0.1) is 18.3 Å². The van der Waals surface area contributed by atoms with Crippen molar-refractivity contribution in [1.29, 1.82) is 0 Å². The molecule has 2 fully saturated rings. The second-order valence-electron chi connectivity index (χ2n) is 10.2. The second-order valence-corrected chi connectivity index (χ2v) is 10.2. The highest BCUT2D eigenvalue weighted by Gasteiger charge is 2.28. The Morgan fingerprint density at radius 1 is 1.03 bits per heavy atom. The lowest BCUT2D eigenvalue weighted by atomic mass is 9.76. The SMILES string of the molecule is Cc1ccccc1-c1cc(COC(C)CN2CCCC(C3CCCCC3)C2)ccc1C(=O)O. The maximum absolute atomic E-state index is 11.8. The van der Waals surface area contributed by atoms with E-state index < -0.39 is 5.97 Å². The summed E-state index contributed by atoms with van der Waals surface area (Å²) >= 11 is 0. The van der Waals surface area contributed by atoms with Crippen LogP contribution in [-0.2, 0) is 11.3 Å². The average Bonchev–Trinajstić information content (AvgIpc) is 2.83. The number of hydrogen-bond acceptors (Lipinski definition) is 3. The predicted molar refractivity (Wildman–Crippen MR) is 134 cm³/mol. The van der Waals surface area contributed by atoms with Gasteiger partial charge < -0.3 is 14.7 Å². The molecule has 1 aliphatic heterocycles. The van der Waals surface area contributed by atoms with Gasteiger partial charge in [-0.3, -0.25) is 0 Å². The van der Waals surface area contributed by atoms with E-state index in [4.69, 9.17) is 4.74 Å². The van der Waals surface area contributed by atoms with Gasteiger partial charge in [-0.05, 0) is 79.5 Å². The number of hydrogen-bond donors (Lipinski definition) is 1. The van der Waals surface area contributed by atoms with Crippen LogP contribution in [0.2, 0.25) is 0 Å². The number of ether oxygens (including phenoxy) is 1. The summed E-state index contributed by atoms with van der Waals surface area (Å²) in [6.07, 6.45) is 9.99. The van der Waals surface area contributed by atoms with Crippen LogP contribution in [0.5, 0.6) is 0 Å². The van der Waals surface area contributed by atoms with Crippen molar-refractivity contribution < 1.29 is 14.6 Å². The number of benzene rings is 2. The first-order valence-electron chi connectivity index (χ1n) is 12.8. The lowest BCUT2D eigenvalue weighted by Gasteiger charge is -2.39. The van der Waals surface area contributed by atoms with E-state index in [0.29, 0.717) is 12.2 Å². The third kappa shape index (κ3) is 6.24. The molecule has 2 aromatic rings. The summed E-state index contributed by atoms with van der Waals surface area (Å²) in [5, 5.41) is 9.69. The number of carboxylic acids is 1. The average molecular weight is 450 g/mol. The molecule has 4 rings (SSSR count). The highest BCUT2D eigenvalue weighted by molar-refractivity contribution is 5.96. The first kappa shape index (κ1) is 24.0. The smallest absolute Gasteiger partial charge is 0.336 e. The minimum absolute atomic E-state index is 0.149. The van der Waals surface area contributed by atoms with Gasteiger partial charge in [-0.2, -0.15) is 0 Å². The van der Waals surface area contributed by atoms with E-state index in [1.807, 2.05) is 43.3 Å². The molecule has 4 heteroatoms. The number of aromatic carboxylic acids is 1. The Morgan fingerprint density at radius 3 is 2.55 bits per heavy atom. The van der Waals surface area contributed by atoms with Crippen LogP contribution in [0, 0.1) is 18.8 Å². The Bertz CT molecular complexity index is 934. The molecule has 0 radical (unpaired) electrons. The zero-order valence-corrected chi connectivity index (χ0v) is 20.3. The summed E-state index contributed by atoms with van der Waals surface area (Å²) in [4.78, 5) is 14.4. The molecular formula is C29H39NO3. The fraction of sp³-hybridized carbons (Fsp3) is 0.552. The van der Waals surface area contributed by atoms with Gasteiger partial charge in [-0.1, -0.05) is 62.4 Å². The molecule has 2 aliphatic rings. The van der Waals surface area contributed by atoms with Crippen LogP contribution in [-0.4, -0.2) is 41.7 Å². The number of carboxylic acid groups (broad SMARTS) is 1. The lowest BCUT2D eigenvalue weighted by Crippen LogP contribution is -2.42. The molecule has 178 valence electrons. The summed E-state index contributed by atoms with van der Waals surface area (Å²) in [7, 11) is 0. The molecule has 1 saturated heterocycles. The molecule has 1 N–H and O–H groups in total. The van der Waals surface area contributed by atoms with Gasteiger partial charge in [0.15, 0.2) is 0 Å². The zero-order chi connectivity index (χ0) is 23.2. The number of nitrogens with zero attached hydrogens (tertiary/aromatic N) is 1. The summed E-state index contributed by atoms with van der Waals surface area (Å²) in [6, 6.07) is 13.5. The summed E-state index contributed by atoms with van der Waals surface area (Å²) in [5.41, 5.74) is 4.16. The summed E-state index contributed by atoms with van der Waals surface area (Å²) in [6.45, 7) is 8.06. The standard InChI is InChI=1S/C29H39NO3/c1-21-9-6-7-13-26(21)28-17-23(14-15-27(28)29(31)32)20-33-22(2)18-30-16-8-12-25(19-30)24-10-4-3-5-11-24/h6-7,9,13-15,17,22,24-25H,3-5,8,10-12,16,18-20H2,1-2H3,(H,31,32). The monoisotopic (exact) mass is 449 g/mol. The molecular weight excluding hydrogens is 410 g/mol. The highest BCUT2D eigenvalue weighted by Crippen LogP contribution is 2.35. The van der Waals surface area contributed by atoms with E-state index in [-0.39, 0.29) is 6.10 Å². The zero-order valence-electron chi connectivity index (χ0n) is 20.3. The van der Waals surface area contributed by atoms with Gasteiger partial charge in [-0.25, -0.2) is 4.79 Å². The molecule has 2 atom stereocenters. The maximum atomic E-state index is 11.8. The Labute approximate surface area is 199 Å². The van der Waals surface area contributed by atoms with Crippen molar-refractivity contribution in [3.63, 3.8) is 0 Å². The number of aryl methyl sites for hydroxylation is 1. The summed E-state index contributed by atoms with van der Waals surface area (Å²) in [5.74, 6) is 0.906. The topological polar surface area (TPSA) is 49.8 Å². The van der Waals surface area contributed by atoms with E-state index >= 15 is 0 Å². The van der Waals surface area contributed by atoms with Crippen LogP contribution in [0.4, 0.5) is 0 Å². The van der Waals surface area contributed by atoms with Gasteiger partial charge in [0.25, 0.3) is 0 Å². The second kappa shape index (κ2) is 11.3. The van der Waals surface area contributed by atoms with Crippen molar-refractivity contribution in [3.05, 3.63) is 59.2 Å². The van der Waals surface area contributed by atoms with Crippen molar-refractivity contribution in [2.45, 2.75) is 71.5 Å². The maximum Gasteiger partial charge on any atom is 0.336 e. The largest absolute Gasteiger partial charge is 0.478 e. The molecule has 1 aliphatic carbocycles. The van der Waals surface area contributed by atoms with Gasteiger partial charge >= 0.3 is 5.97 Å². The predicted octanol–water partition coefficient (Wildman–Crippen LogP) is 6.56. The third-order valence-corrected chi connectivity index (χ3v) is 7.66. The number of carbonyl (C=O) groups is 1. The Kier molecular flexibility index (Phi) is 8.21. The summed E-state index contributed by atoms with van der Waals surface area (Å²) < 4.78 is 6.24. The van der Waals surface area contributed by atoms with E-state index in [0.717, 1.165) is 40.6 Å². The lowest BCUT2D eigenvalue weighted by molar-refractivity contribution is 0.0107. The van der Waals surface area contributed by atoms with Crippen LogP contribution < -0.4 is 0 Å². The first-order valence-corrected chi connectivity index (χ1v) is 12.8. The van der Waals surface area contributed by atoms with Gasteiger partial charge in [0.2, 0.25) is 0 Å². The number of likely N-dealkylation sites (tertiary alicyclic amines) is 1. The van der Waals surface area contributed by atoms with Crippen LogP contribution in [0.1, 0.15) is 73.4 Å². The van der Waals surface area contributed by atoms with Crippen LogP contribution in [0.25, 0.3) is 11.1 Å². The number of piperidine rings is 1. The molecule has 0 amide bonds. The van der Waals surface area contributed by atoms with E-state index in [9.17, 15) is 9.90 Å². The van der Waals surface area contributed by atoms with Gasteiger partial charge in [0, 0.05) is 13.1 Å². The molecule has 0 spiro atoms. The fourth-order valence-electron chi connectivity index (χ4n) is 5.87. The minimum atomic E-state index is -0.897. The van der Waals surface area contributed by atoms with Gasteiger partial charge in [0.1, 0.15) is 0 Å². The minimum Gasteiger partial charge on any atom is -0.478 e. The Hall–Kier alpha value is -2.17. The molecule has 2 aromatic carbocycles. The highest BCUT2D eigenvalue weighted by atomic mass is 16.5. The Balaban J connectivity index is 1.36. The molecule has 1 heterocycles. The Morgan fingerprint density at radius 2 is 1.79 bits per heavy atom. The molecule has 0 bridgehead atoms. The van der Waals surface area contributed by atoms with Crippen LogP contribution in [0.3, 0.4) is 0 Å². The fourth-order valence-corrected chi connectivity index (χ4v) is 5.87. The van der Waals surface area contributed by atoms with E-state index in [2.05, 4.69) is 11.8 Å². The van der Waals surface area contributed by atoms with Crippen LogP contribution >= 0.6 is 0 Å².